The molecule has 1 aliphatic heterocycles. The third-order valence-corrected chi connectivity index (χ3v) is 7.39. The third kappa shape index (κ3) is 4.72. The number of carbonyl (C=O) groups is 1. The van der Waals surface area contributed by atoms with Crippen molar-refractivity contribution in [2.75, 3.05) is 13.1 Å². The number of nitriles is 1. The van der Waals surface area contributed by atoms with Gasteiger partial charge in [0.2, 0.25) is 0 Å². The molecule has 180 valence electrons. The molecule has 0 spiro atoms. The number of hydrogen-bond acceptors (Lipinski definition) is 7. The molecule has 5 rings (SSSR count). The SMILES string of the molecule is CC(C)Oc1ccc(-c2nnc(-c3cccc4c3CCC4NC(=O)N3CCC(O)C3)s2)cc1C#N. The molecule has 1 aliphatic carbocycles. The monoisotopic (exact) mass is 489 g/mol. The minimum atomic E-state index is -0.432. The van der Waals surface area contributed by atoms with Crippen LogP contribution < -0.4 is 10.1 Å². The van der Waals surface area contributed by atoms with E-state index in [-0.39, 0.29) is 18.2 Å². The summed E-state index contributed by atoms with van der Waals surface area (Å²) in [5.74, 6) is 0.563. The number of benzene rings is 2. The first-order chi connectivity index (χ1) is 16.9. The zero-order valence-electron chi connectivity index (χ0n) is 19.7. The minimum absolute atomic E-state index is 0.0168. The van der Waals surface area contributed by atoms with Gasteiger partial charge in [-0.05, 0) is 62.4 Å². The van der Waals surface area contributed by atoms with Gasteiger partial charge in [-0.2, -0.15) is 5.26 Å². The highest BCUT2D eigenvalue weighted by atomic mass is 32.1. The number of aromatic nitrogens is 2. The first-order valence-corrected chi connectivity index (χ1v) is 12.6. The number of ether oxygens (including phenoxy) is 1. The Bertz CT molecular complexity index is 1300. The van der Waals surface area contributed by atoms with Crippen LogP contribution in [0.25, 0.3) is 21.1 Å². The van der Waals surface area contributed by atoms with Crippen molar-refractivity contribution in [1.29, 1.82) is 5.26 Å². The molecule has 35 heavy (non-hydrogen) atoms. The van der Waals surface area contributed by atoms with Crippen molar-refractivity contribution in [1.82, 2.24) is 20.4 Å². The van der Waals surface area contributed by atoms with Gasteiger partial charge in [-0.15, -0.1) is 10.2 Å². The highest BCUT2D eigenvalue weighted by Crippen LogP contribution is 2.40. The van der Waals surface area contributed by atoms with E-state index in [1.165, 1.54) is 16.9 Å². The Morgan fingerprint density at radius 2 is 2.09 bits per heavy atom. The summed E-state index contributed by atoms with van der Waals surface area (Å²) in [6.07, 6.45) is 1.84. The smallest absolute Gasteiger partial charge is 0.317 e. The van der Waals surface area contributed by atoms with E-state index in [1.807, 2.05) is 38.1 Å². The van der Waals surface area contributed by atoms with E-state index >= 15 is 0 Å². The van der Waals surface area contributed by atoms with Crippen molar-refractivity contribution < 1.29 is 14.6 Å². The standard InChI is InChI=1S/C26H27N5O3S/c1-15(2)34-23-9-6-16(12-17(23)13-27)24-29-30-25(35-24)21-5-3-4-20-19(21)7-8-22(20)28-26(33)31-11-10-18(32)14-31/h3-6,9,12,15,18,22,32H,7-8,10-11,14H2,1-2H3,(H,28,33). The van der Waals surface area contributed by atoms with Crippen LogP contribution in [0.2, 0.25) is 0 Å². The summed E-state index contributed by atoms with van der Waals surface area (Å²) in [6.45, 7) is 4.82. The summed E-state index contributed by atoms with van der Waals surface area (Å²) < 4.78 is 5.73. The molecule has 2 atom stereocenters. The lowest BCUT2D eigenvalue weighted by Gasteiger charge is -2.21. The van der Waals surface area contributed by atoms with E-state index in [4.69, 9.17) is 4.74 Å². The zero-order chi connectivity index (χ0) is 24.5. The van der Waals surface area contributed by atoms with Crippen LogP contribution in [-0.2, 0) is 6.42 Å². The number of rotatable bonds is 5. The number of urea groups is 1. The first kappa shape index (κ1) is 23.3. The van der Waals surface area contributed by atoms with E-state index in [2.05, 4.69) is 27.6 Å². The predicted molar refractivity (Wildman–Crippen MR) is 133 cm³/mol. The number of aliphatic hydroxyl groups excluding tert-OH is 1. The summed E-state index contributed by atoms with van der Waals surface area (Å²) in [5.41, 5.74) is 4.61. The normalized spacial score (nSPS) is 19.0. The summed E-state index contributed by atoms with van der Waals surface area (Å²) in [5, 5.41) is 32.8. The number of amides is 2. The number of aliphatic hydroxyl groups is 1. The van der Waals surface area contributed by atoms with Crippen LogP contribution >= 0.6 is 11.3 Å². The molecule has 2 N–H and O–H groups in total. The van der Waals surface area contributed by atoms with Crippen LogP contribution in [-0.4, -0.2) is 51.5 Å². The Hall–Kier alpha value is -3.48. The first-order valence-electron chi connectivity index (χ1n) is 11.8. The number of fused-ring (bicyclic) bond motifs is 1. The van der Waals surface area contributed by atoms with Crippen molar-refractivity contribution in [2.24, 2.45) is 0 Å². The number of nitrogens with one attached hydrogen (secondary N) is 1. The molecule has 2 unspecified atom stereocenters. The maximum atomic E-state index is 12.7. The molecule has 1 aromatic heterocycles. The second kappa shape index (κ2) is 9.64. The molecule has 2 aromatic carbocycles. The van der Waals surface area contributed by atoms with Gasteiger partial charge in [0.15, 0.2) is 0 Å². The van der Waals surface area contributed by atoms with Gasteiger partial charge in [0.05, 0.1) is 23.8 Å². The molecule has 0 bridgehead atoms. The molecule has 1 fully saturated rings. The van der Waals surface area contributed by atoms with Crippen LogP contribution in [0.4, 0.5) is 4.79 Å². The van der Waals surface area contributed by atoms with Gasteiger partial charge in [0.25, 0.3) is 0 Å². The zero-order valence-corrected chi connectivity index (χ0v) is 20.5. The van der Waals surface area contributed by atoms with Crippen molar-refractivity contribution in [2.45, 2.75) is 51.4 Å². The lowest BCUT2D eigenvalue weighted by Crippen LogP contribution is -2.40. The van der Waals surface area contributed by atoms with Gasteiger partial charge < -0.3 is 20.1 Å². The van der Waals surface area contributed by atoms with Gasteiger partial charge in [0.1, 0.15) is 21.8 Å². The summed E-state index contributed by atoms with van der Waals surface area (Å²) in [7, 11) is 0. The molecule has 8 nitrogen and oxygen atoms in total. The average molecular weight is 490 g/mol. The maximum Gasteiger partial charge on any atom is 0.317 e. The van der Waals surface area contributed by atoms with Crippen LogP contribution in [0.5, 0.6) is 5.75 Å². The highest BCUT2D eigenvalue weighted by molar-refractivity contribution is 7.17. The van der Waals surface area contributed by atoms with Crippen LogP contribution in [0.1, 0.15) is 49.4 Å². The number of nitrogens with zero attached hydrogens (tertiary/aromatic N) is 4. The number of carbonyl (C=O) groups excluding carboxylic acids is 1. The lowest BCUT2D eigenvalue weighted by atomic mass is 10.0. The molecule has 9 heteroatoms. The van der Waals surface area contributed by atoms with E-state index in [0.717, 1.165) is 39.5 Å². The minimum Gasteiger partial charge on any atom is -0.490 e. The Kier molecular flexibility index (Phi) is 6.41. The molecular formula is C26H27N5O3S. The molecule has 2 amide bonds. The fourth-order valence-corrected chi connectivity index (χ4v) is 5.62. The summed E-state index contributed by atoms with van der Waals surface area (Å²) in [4.78, 5) is 14.3. The topological polar surface area (TPSA) is 111 Å². The second-order valence-electron chi connectivity index (χ2n) is 9.20. The van der Waals surface area contributed by atoms with E-state index < -0.39 is 6.10 Å². The molecule has 2 heterocycles. The average Bonchev–Trinajstić information content (AvgIpc) is 3.59. The van der Waals surface area contributed by atoms with Gasteiger partial charge in [0, 0.05) is 24.2 Å². The molecule has 1 saturated heterocycles. The van der Waals surface area contributed by atoms with Crippen molar-refractivity contribution in [3.8, 4) is 33.0 Å². The van der Waals surface area contributed by atoms with Crippen LogP contribution in [0, 0.1) is 11.3 Å². The van der Waals surface area contributed by atoms with Crippen LogP contribution in [0.3, 0.4) is 0 Å². The van der Waals surface area contributed by atoms with E-state index in [0.29, 0.717) is 30.8 Å². The fourth-order valence-electron chi connectivity index (χ4n) is 4.73. The number of hydrogen-bond donors (Lipinski definition) is 2. The number of β-amino-alcohol motifs (C(OH)–C–C–N with tert-alkyl or cyclic N) is 1. The van der Waals surface area contributed by atoms with Gasteiger partial charge in [-0.3, -0.25) is 0 Å². The molecule has 0 radical (unpaired) electrons. The van der Waals surface area contributed by atoms with Crippen molar-refractivity contribution >= 4 is 17.4 Å². The molecular weight excluding hydrogens is 462 g/mol. The third-order valence-electron chi connectivity index (χ3n) is 6.38. The molecule has 0 saturated carbocycles. The maximum absolute atomic E-state index is 12.7. The summed E-state index contributed by atoms with van der Waals surface area (Å²) in [6, 6.07) is 13.6. The van der Waals surface area contributed by atoms with Crippen molar-refractivity contribution in [3.63, 3.8) is 0 Å². The van der Waals surface area contributed by atoms with Crippen LogP contribution in [0.15, 0.2) is 36.4 Å². The summed E-state index contributed by atoms with van der Waals surface area (Å²) >= 11 is 1.48. The van der Waals surface area contributed by atoms with Crippen molar-refractivity contribution in [3.05, 3.63) is 53.1 Å². The largest absolute Gasteiger partial charge is 0.490 e. The Morgan fingerprint density at radius 3 is 2.83 bits per heavy atom. The lowest BCUT2D eigenvalue weighted by molar-refractivity contribution is 0.170. The Morgan fingerprint density at radius 1 is 1.26 bits per heavy atom. The second-order valence-corrected chi connectivity index (χ2v) is 10.2. The van der Waals surface area contributed by atoms with Gasteiger partial charge in [-0.1, -0.05) is 29.5 Å². The number of likely N-dealkylation sites (tertiary alicyclic amines) is 1. The molecule has 3 aromatic rings. The predicted octanol–water partition coefficient (Wildman–Crippen LogP) is 4.29. The van der Waals surface area contributed by atoms with E-state index in [1.54, 1.807) is 11.0 Å². The van der Waals surface area contributed by atoms with E-state index in [9.17, 15) is 15.2 Å². The fraction of sp³-hybridized carbons (Fsp3) is 0.385. The van der Waals surface area contributed by atoms with Gasteiger partial charge in [-0.25, -0.2) is 4.79 Å². The Balaban J connectivity index is 1.37. The quantitative estimate of drug-likeness (QED) is 0.553. The Labute approximate surface area is 208 Å². The van der Waals surface area contributed by atoms with Gasteiger partial charge >= 0.3 is 6.03 Å². The molecule has 2 aliphatic rings. The highest BCUT2D eigenvalue weighted by Gasteiger charge is 2.31.